The SMILES string of the molecule is CNC(=O)Nc1ncnc2c1[nH]c(=O)n2C1CC(O)C(CO)O1. The fourth-order valence-corrected chi connectivity index (χ4v) is 2.51. The summed E-state index contributed by atoms with van der Waals surface area (Å²) in [6.07, 6.45) is -1.08. The van der Waals surface area contributed by atoms with Crippen molar-refractivity contribution in [2.75, 3.05) is 19.0 Å². The molecule has 1 fully saturated rings. The van der Waals surface area contributed by atoms with Gasteiger partial charge in [-0.3, -0.25) is 5.32 Å². The summed E-state index contributed by atoms with van der Waals surface area (Å²) in [4.78, 5) is 34.2. The number of urea groups is 1. The smallest absolute Gasteiger partial charge is 0.329 e. The number of H-pyrrole nitrogens is 1. The van der Waals surface area contributed by atoms with Gasteiger partial charge in [-0.05, 0) is 0 Å². The van der Waals surface area contributed by atoms with E-state index < -0.39 is 30.2 Å². The van der Waals surface area contributed by atoms with Crippen LogP contribution in [0.5, 0.6) is 0 Å². The average Bonchev–Trinajstić information content (AvgIpc) is 3.06. The lowest BCUT2D eigenvalue weighted by molar-refractivity contribution is -0.0441. The molecule has 124 valence electrons. The Morgan fingerprint density at radius 3 is 3.00 bits per heavy atom. The number of rotatable bonds is 3. The van der Waals surface area contributed by atoms with Crippen LogP contribution in [0.1, 0.15) is 12.6 Å². The van der Waals surface area contributed by atoms with Crippen molar-refractivity contribution in [3.8, 4) is 0 Å². The van der Waals surface area contributed by atoms with Crippen molar-refractivity contribution in [3.63, 3.8) is 0 Å². The zero-order chi connectivity index (χ0) is 16.6. The normalized spacial score (nSPS) is 24.0. The first-order valence-corrected chi connectivity index (χ1v) is 6.93. The molecule has 0 aliphatic carbocycles. The number of nitrogens with zero attached hydrogens (tertiary/aromatic N) is 3. The monoisotopic (exact) mass is 324 g/mol. The standard InChI is InChI=1S/C12H16N6O5/c1-13-11(21)17-9-8-10(15-4-14-9)18(12(22)16-8)7-2-5(20)6(3-19)23-7/h4-7,19-20H,2-3H2,1H3,(H,16,22)(H2,13,14,15,17,21). The molecule has 5 N–H and O–H groups in total. The van der Waals surface area contributed by atoms with Gasteiger partial charge in [0.2, 0.25) is 0 Å². The number of aliphatic hydroxyl groups excluding tert-OH is 2. The lowest BCUT2D eigenvalue weighted by atomic mass is 10.2. The summed E-state index contributed by atoms with van der Waals surface area (Å²) in [5.41, 5.74) is -0.0462. The van der Waals surface area contributed by atoms with Crippen molar-refractivity contribution in [2.45, 2.75) is 24.9 Å². The van der Waals surface area contributed by atoms with Crippen molar-refractivity contribution in [1.29, 1.82) is 0 Å². The number of fused-ring (bicyclic) bond motifs is 1. The predicted octanol–water partition coefficient (Wildman–Crippen LogP) is -1.49. The number of nitrogens with one attached hydrogen (secondary N) is 3. The molecular formula is C12H16N6O5. The van der Waals surface area contributed by atoms with Crippen LogP contribution in [0.25, 0.3) is 11.2 Å². The molecule has 3 unspecified atom stereocenters. The van der Waals surface area contributed by atoms with Gasteiger partial charge in [-0.2, -0.15) is 0 Å². The van der Waals surface area contributed by atoms with E-state index in [4.69, 9.17) is 9.84 Å². The van der Waals surface area contributed by atoms with E-state index in [-0.39, 0.29) is 30.0 Å². The number of hydrogen-bond acceptors (Lipinski definition) is 7. The largest absolute Gasteiger partial charge is 0.394 e. The Morgan fingerprint density at radius 1 is 1.57 bits per heavy atom. The van der Waals surface area contributed by atoms with Gasteiger partial charge >= 0.3 is 11.7 Å². The number of aromatic amines is 1. The molecule has 2 amide bonds. The van der Waals surface area contributed by atoms with E-state index in [1.807, 2.05) is 0 Å². The molecule has 2 aromatic heterocycles. The van der Waals surface area contributed by atoms with Gasteiger partial charge in [0, 0.05) is 13.5 Å². The molecule has 3 atom stereocenters. The van der Waals surface area contributed by atoms with Gasteiger partial charge < -0.3 is 25.3 Å². The van der Waals surface area contributed by atoms with E-state index in [0.29, 0.717) is 0 Å². The second kappa shape index (κ2) is 5.95. The maximum atomic E-state index is 12.2. The summed E-state index contributed by atoms with van der Waals surface area (Å²) in [6.45, 7) is -0.354. The highest BCUT2D eigenvalue weighted by Gasteiger charge is 2.36. The van der Waals surface area contributed by atoms with Crippen LogP contribution in [0.3, 0.4) is 0 Å². The van der Waals surface area contributed by atoms with Gasteiger partial charge in [0.25, 0.3) is 0 Å². The quantitative estimate of drug-likeness (QED) is 0.461. The molecule has 1 saturated heterocycles. The first kappa shape index (κ1) is 15.4. The summed E-state index contributed by atoms with van der Waals surface area (Å²) in [5.74, 6) is 0.141. The van der Waals surface area contributed by atoms with E-state index >= 15 is 0 Å². The first-order chi connectivity index (χ1) is 11.0. The van der Waals surface area contributed by atoms with Gasteiger partial charge in [-0.15, -0.1) is 0 Å². The fraction of sp³-hybridized carbons (Fsp3) is 0.500. The molecule has 0 aromatic carbocycles. The Bertz CT molecular complexity index is 786. The van der Waals surface area contributed by atoms with Gasteiger partial charge in [-0.1, -0.05) is 0 Å². The summed E-state index contributed by atoms with van der Waals surface area (Å²) in [6, 6.07) is -0.494. The number of amides is 2. The minimum atomic E-state index is -0.882. The molecule has 11 nitrogen and oxygen atoms in total. The molecule has 0 saturated carbocycles. The van der Waals surface area contributed by atoms with Gasteiger partial charge in [0.15, 0.2) is 11.5 Å². The highest BCUT2D eigenvalue weighted by Crippen LogP contribution is 2.30. The Morgan fingerprint density at radius 2 is 2.35 bits per heavy atom. The molecule has 3 heterocycles. The topological polar surface area (TPSA) is 154 Å². The van der Waals surface area contributed by atoms with E-state index in [9.17, 15) is 14.7 Å². The van der Waals surface area contributed by atoms with Gasteiger partial charge in [0.1, 0.15) is 24.2 Å². The maximum Gasteiger partial charge on any atom is 0.329 e. The Balaban J connectivity index is 2.03. The van der Waals surface area contributed by atoms with Crippen LogP contribution in [0.2, 0.25) is 0 Å². The average molecular weight is 324 g/mol. The van der Waals surface area contributed by atoms with Crippen LogP contribution in [0.4, 0.5) is 10.6 Å². The van der Waals surface area contributed by atoms with Crippen molar-refractivity contribution in [2.24, 2.45) is 0 Å². The molecule has 3 rings (SSSR count). The van der Waals surface area contributed by atoms with Crippen LogP contribution < -0.4 is 16.3 Å². The Labute approximate surface area is 129 Å². The van der Waals surface area contributed by atoms with Crippen LogP contribution in [0, 0.1) is 0 Å². The van der Waals surface area contributed by atoms with Crippen molar-refractivity contribution in [1.82, 2.24) is 24.8 Å². The van der Waals surface area contributed by atoms with Gasteiger partial charge in [-0.25, -0.2) is 24.1 Å². The summed E-state index contributed by atoms with van der Waals surface area (Å²) < 4.78 is 6.71. The lowest BCUT2D eigenvalue weighted by Crippen LogP contribution is -2.25. The Kier molecular flexibility index (Phi) is 3.98. The fourth-order valence-electron chi connectivity index (χ4n) is 2.51. The van der Waals surface area contributed by atoms with Crippen molar-refractivity contribution >= 4 is 23.0 Å². The second-order valence-corrected chi connectivity index (χ2v) is 5.04. The number of imidazole rings is 1. The number of ether oxygens (including phenoxy) is 1. The van der Waals surface area contributed by atoms with E-state index in [1.54, 1.807) is 0 Å². The van der Waals surface area contributed by atoms with E-state index in [1.165, 1.54) is 17.9 Å². The maximum absolute atomic E-state index is 12.2. The minimum absolute atomic E-state index is 0.139. The zero-order valence-electron chi connectivity index (χ0n) is 12.2. The molecule has 1 aliphatic rings. The number of carbonyl (C=O) groups excluding carboxylic acids is 1. The van der Waals surface area contributed by atoms with Gasteiger partial charge in [0.05, 0.1) is 12.7 Å². The molecule has 0 radical (unpaired) electrons. The van der Waals surface area contributed by atoms with Crippen LogP contribution in [-0.2, 0) is 4.74 Å². The molecule has 1 aliphatic heterocycles. The molecule has 2 aromatic rings. The van der Waals surface area contributed by atoms with Crippen LogP contribution in [-0.4, -0.2) is 61.6 Å². The number of carbonyl (C=O) groups is 1. The highest BCUT2D eigenvalue weighted by molar-refractivity contribution is 5.95. The van der Waals surface area contributed by atoms with Crippen LogP contribution >= 0.6 is 0 Å². The number of aliphatic hydroxyl groups is 2. The van der Waals surface area contributed by atoms with Crippen LogP contribution in [0.15, 0.2) is 11.1 Å². The first-order valence-electron chi connectivity index (χ1n) is 6.93. The molecule has 23 heavy (non-hydrogen) atoms. The number of anilines is 1. The summed E-state index contributed by atoms with van der Waals surface area (Å²) >= 11 is 0. The predicted molar refractivity (Wildman–Crippen MR) is 77.8 cm³/mol. The Hall–Kier alpha value is -2.50. The molecule has 0 bridgehead atoms. The lowest BCUT2D eigenvalue weighted by Gasteiger charge is -2.13. The number of hydrogen-bond donors (Lipinski definition) is 5. The van der Waals surface area contributed by atoms with Crippen molar-refractivity contribution < 1.29 is 19.7 Å². The van der Waals surface area contributed by atoms with E-state index in [0.717, 1.165) is 0 Å². The molecule has 11 heteroatoms. The van der Waals surface area contributed by atoms with E-state index in [2.05, 4.69) is 25.6 Å². The minimum Gasteiger partial charge on any atom is -0.394 e. The summed E-state index contributed by atoms with van der Waals surface area (Å²) in [7, 11) is 1.45. The summed E-state index contributed by atoms with van der Waals surface area (Å²) in [5, 5.41) is 23.8. The third-order valence-corrected chi connectivity index (χ3v) is 3.64. The zero-order valence-corrected chi connectivity index (χ0v) is 12.2. The highest BCUT2D eigenvalue weighted by atomic mass is 16.5. The third kappa shape index (κ3) is 2.65. The number of aromatic nitrogens is 4. The third-order valence-electron chi connectivity index (χ3n) is 3.64. The second-order valence-electron chi connectivity index (χ2n) is 5.04. The molecular weight excluding hydrogens is 308 g/mol. The molecule has 0 spiro atoms. The van der Waals surface area contributed by atoms with Crippen molar-refractivity contribution in [3.05, 3.63) is 16.8 Å².